The van der Waals surface area contributed by atoms with Crippen LogP contribution in [0.1, 0.15) is 32.4 Å². The summed E-state index contributed by atoms with van der Waals surface area (Å²) in [5, 5.41) is 24.5. The third-order valence-electron chi connectivity index (χ3n) is 1.45. The second-order valence-electron chi connectivity index (χ2n) is 2.95. The van der Waals surface area contributed by atoms with E-state index in [1.54, 1.807) is 12.1 Å². The molecule has 0 amide bonds. The van der Waals surface area contributed by atoms with E-state index in [0.29, 0.717) is 0 Å². The second kappa shape index (κ2) is 11.4. The maximum atomic E-state index is 9.64. The summed E-state index contributed by atoms with van der Waals surface area (Å²) in [5.74, 6) is -1.93. The number of carboxylic acids is 2. The zero-order chi connectivity index (χ0) is 14.6. The first-order valence-electron chi connectivity index (χ1n) is 5.47. The highest BCUT2D eigenvalue weighted by Gasteiger charge is 2.00. The molecule has 0 unspecified atom stereocenters. The maximum Gasteiger partial charge on any atom is 0.303 e. The van der Waals surface area contributed by atoms with Crippen LogP contribution in [0.15, 0.2) is 18.3 Å². The summed E-state index contributed by atoms with van der Waals surface area (Å²) >= 11 is 0. The molecule has 0 spiro atoms. The number of carboxylic acid groups (broad SMARTS) is 2. The smallest absolute Gasteiger partial charge is 0.303 e. The van der Waals surface area contributed by atoms with Crippen LogP contribution in [0.5, 0.6) is 5.75 Å². The Labute approximate surface area is 106 Å². The molecule has 0 saturated carbocycles. The van der Waals surface area contributed by atoms with Gasteiger partial charge in [0.2, 0.25) is 0 Å². The van der Waals surface area contributed by atoms with Crippen LogP contribution < -0.4 is 0 Å². The predicted octanol–water partition coefficient (Wildman–Crippen LogP) is 2.06. The molecule has 0 aliphatic carbocycles. The van der Waals surface area contributed by atoms with Crippen LogP contribution in [0.3, 0.4) is 0 Å². The van der Waals surface area contributed by atoms with Gasteiger partial charge in [0.15, 0.2) is 0 Å². The molecule has 0 aliphatic heterocycles. The lowest BCUT2D eigenvalue weighted by molar-refractivity contribution is -0.143. The van der Waals surface area contributed by atoms with Crippen LogP contribution >= 0.6 is 0 Å². The molecule has 0 atom stereocenters. The van der Waals surface area contributed by atoms with Crippen molar-refractivity contribution in [3.63, 3.8) is 0 Å². The number of nitrogens with zero attached hydrogens (tertiary/aromatic N) is 1. The molecule has 0 saturated heterocycles. The van der Waals surface area contributed by atoms with Crippen molar-refractivity contribution >= 4 is 11.9 Å². The summed E-state index contributed by atoms with van der Waals surface area (Å²) < 4.78 is 0. The third-order valence-corrected chi connectivity index (χ3v) is 1.45. The summed E-state index contributed by atoms with van der Waals surface area (Å²) in [6.45, 7) is 5.87. The Morgan fingerprint density at radius 2 is 1.56 bits per heavy atom. The van der Waals surface area contributed by atoms with Gasteiger partial charge in [0, 0.05) is 5.69 Å². The van der Waals surface area contributed by atoms with Crippen LogP contribution in [0.25, 0.3) is 0 Å². The molecular formula is C12H19NO5. The number of rotatable bonds is 3. The molecule has 102 valence electrons. The van der Waals surface area contributed by atoms with Crippen LogP contribution in [0.2, 0.25) is 0 Å². The fraction of sp³-hybridized carbons (Fsp3) is 0.417. The second-order valence-corrected chi connectivity index (χ2v) is 2.95. The highest BCUT2D eigenvalue weighted by Crippen LogP contribution is 2.03. The first kappa shape index (κ1) is 18.3. The summed E-state index contributed by atoms with van der Waals surface area (Å²) in [4.78, 5) is 23.1. The van der Waals surface area contributed by atoms with Gasteiger partial charge in [0.05, 0.1) is 19.0 Å². The zero-order valence-electron chi connectivity index (χ0n) is 10.8. The minimum atomic E-state index is -1.08. The van der Waals surface area contributed by atoms with Gasteiger partial charge < -0.3 is 15.3 Å². The number of carbonyl (C=O) groups is 2. The Hall–Kier alpha value is -2.11. The average molecular weight is 257 g/mol. The van der Waals surface area contributed by atoms with E-state index in [4.69, 9.17) is 15.3 Å². The van der Waals surface area contributed by atoms with Gasteiger partial charge in [-0.3, -0.25) is 14.6 Å². The van der Waals surface area contributed by atoms with Gasteiger partial charge in [0.1, 0.15) is 5.75 Å². The average Bonchev–Trinajstić information content (AvgIpc) is 2.34. The van der Waals surface area contributed by atoms with Crippen LogP contribution in [0.4, 0.5) is 0 Å². The monoisotopic (exact) mass is 257 g/mol. The molecule has 0 radical (unpaired) electrons. The van der Waals surface area contributed by atoms with E-state index in [1.807, 2.05) is 20.8 Å². The van der Waals surface area contributed by atoms with E-state index in [-0.39, 0.29) is 18.6 Å². The van der Waals surface area contributed by atoms with Crippen molar-refractivity contribution in [3.8, 4) is 5.75 Å². The SMILES string of the molecule is CC.Cc1ccc(O)cn1.O=C(O)CCC(=O)O. The Balaban J connectivity index is 0. The number of hydrogen-bond donors (Lipinski definition) is 3. The molecule has 0 bridgehead atoms. The van der Waals surface area contributed by atoms with E-state index in [1.165, 1.54) is 6.20 Å². The first-order chi connectivity index (χ1) is 8.41. The fourth-order valence-corrected chi connectivity index (χ4v) is 0.674. The molecular weight excluding hydrogens is 238 g/mol. The summed E-state index contributed by atoms with van der Waals surface area (Å²) in [5.41, 5.74) is 0.919. The molecule has 6 nitrogen and oxygen atoms in total. The van der Waals surface area contributed by atoms with Crippen LogP contribution in [-0.4, -0.2) is 32.2 Å². The van der Waals surface area contributed by atoms with Gasteiger partial charge in [-0.05, 0) is 19.1 Å². The Kier molecular flexibility index (Phi) is 11.5. The van der Waals surface area contributed by atoms with E-state index in [2.05, 4.69) is 4.98 Å². The molecule has 0 fully saturated rings. The third kappa shape index (κ3) is 13.9. The Bertz CT molecular complexity index is 313. The minimum absolute atomic E-state index is 0.218. The number of hydrogen-bond acceptors (Lipinski definition) is 4. The first-order valence-corrected chi connectivity index (χ1v) is 5.47. The summed E-state index contributed by atoms with van der Waals surface area (Å²) in [6.07, 6.45) is 0.833. The molecule has 0 aromatic carbocycles. The minimum Gasteiger partial charge on any atom is -0.506 e. The van der Waals surface area contributed by atoms with Gasteiger partial charge >= 0.3 is 11.9 Å². The van der Waals surface area contributed by atoms with E-state index in [9.17, 15) is 9.59 Å². The quantitative estimate of drug-likeness (QED) is 0.764. The predicted molar refractivity (Wildman–Crippen MR) is 66.5 cm³/mol. The number of pyridine rings is 1. The summed E-state index contributed by atoms with van der Waals surface area (Å²) in [7, 11) is 0. The molecule has 18 heavy (non-hydrogen) atoms. The fourth-order valence-electron chi connectivity index (χ4n) is 0.674. The maximum absolute atomic E-state index is 9.64. The largest absolute Gasteiger partial charge is 0.506 e. The van der Waals surface area contributed by atoms with Crippen molar-refractivity contribution in [1.82, 2.24) is 4.98 Å². The van der Waals surface area contributed by atoms with Crippen molar-refractivity contribution in [2.24, 2.45) is 0 Å². The lowest BCUT2D eigenvalue weighted by atomic mass is 10.3. The molecule has 1 aromatic heterocycles. The summed E-state index contributed by atoms with van der Waals surface area (Å²) in [6, 6.07) is 3.37. The van der Waals surface area contributed by atoms with Crippen molar-refractivity contribution in [2.75, 3.05) is 0 Å². The van der Waals surface area contributed by atoms with Crippen molar-refractivity contribution in [1.29, 1.82) is 0 Å². The Morgan fingerprint density at radius 1 is 1.11 bits per heavy atom. The molecule has 0 aliphatic rings. The number of aromatic nitrogens is 1. The highest BCUT2D eigenvalue weighted by atomic mass is 16.4. The van der Waals surface area contributed by atoms with Gasteiger partial charge in [-0.1, -0.05) is 13.8 Å². The van der Waals surface area contributed by atoms with Gasteiger partial charge in [-0.25, -0.2) is 0 Å². The normalized spacial score (nSPS) is 8.17. The molecule has 6 heteroatoms. The zero-order valence-corrected chi connectivity index (χ0v) is 10.8. The molecule has 1 aromatic rings. The van der Waals surface area contributed by atoms with E-state index >= 15 is 0 Å². The molecule has 3 N–H and O–H groups in total. The highest BCUT2D eigenvalue weighted by molar-refractivity contribution is 5.75. The van der Waals surface area contributed by atoms with Gasteiger partial charge in [-0.15, -0.1) is 0 Å². The van der Waals surface area contributed by atoms with Crippen LogP contribution in [-0.2, 0) is 9.59 Å². The topological polar surface area (TPSA) is 108 Å². The van der Waals surface area contributed by atoms with Crippen molar-refractivity contribution in [2.45, 2.75) is 33.6 Å². The van der Waals surface area contributed by atoms with Gasteiger partial charge in [0.25, 0.3) is 0 Å². The lowest BCUT2D eigenvalue weighted by Gasteiger charge is -1.88. The Morgan fingerprint density at radius 3 is 1.78 bits per heavy atom. The van der Waals surface area contributed by atoms with Crippen LogP contribution in [0, 0.1) is 6.92 Å². The molecule has 1 rings (SSSR count). The van der Waals surface area contributed by atoms with Gasteiger partial charge in [-0.2, -0.15) is 0 Å². The van der Waals surface area contributed by atoms with Crippen molar-refractivity contribution < 1.29 is 24.9 Å². The number of aryl methyl sites for hydroxylation is 1. The number of aliphatic carboxylic acids is 2. The lowest BCUT2D eigenvalue weighted by Crippen LogP contribution is -2.00. The molecule has 1 heterocycles. The van der Waals surface area contributed by atoms with Crippen molar-refractivity contribution in [3.05, 3.63) is 24.0 Å². The van der Waals surface area contributed by atoms with E-state index < -0.39 is 11.9 Å². The number of aromatic hydroxyl groups is 1. The standard InChI is InChI=1S/C6H7NO.C4H6O4.C2H6/c1-5-2-3-6(8)4-7-5;5-3(6)1-2-4(7)8;1-2/h2-4,8H,1H3;1-2H2,(H,5,6)(H,7,8);1-2H3. The van der Waals surface area contributed by atoms with E-state index in [0.717, 1.165) is 5.69 Å².